The average molecular weight is 317 g/mol. The highest BCUT2D eigenvalue weighted by Gasteiger charge is 2.24. The smallest absolute Gasteiger partial charge is 0.224 e. The fourth-order valence-corrected chi connectivity index (χ4v) is 3.74. The van der Waals surface area contributed by atoms with Gasteiger partial charge in [-0.05, 0) is 68.6 Å². The number of hydrogen-bond donors (Lipinski definition) is 1. The van der Waals surface area contributed by atoms with Crippen molar-refractivity contribution >= 4 is 5.91 Å². The van der Waals surface area contributed by atoms with E-state index in [1.54, 1.807) is 7.11 Å². The third-order valence-corrected chi connectivity index (χ3v) is 5.21. The largest absolute Gasteiger partial charge is 0.496 e. The molecule has 3 nitrogen and oxygen atoms in total. The second-order valence-corrected chi connectivity index (χ2v) is 7.36. The summed E-state index contributed by atoms with van der Waals surface area (Å²) in [5, 5.41) is 3.23. The minimum Gasteiger partial charge on any atom is -0.496 e. The van der Waals surface area contributed by atoms with Gasteiger partial charge < -0.3 is 10.1 Å². The van der Waals surface area contributed by atoms with Crippen LogP contribution in [-0.2, 0) is 11.2 Å². The maximum absolute atomic E-state index is 12.4. The Bertz CT molecular complexity index is 543. The molecule has 1 N–H and O–H groups in total. The van der Waals surface area contributed by atoms with E-state index in [0.29, 0.717) is 12.5 Å². The van der Waals surface area contributed by atoms with E-state index < -0.39 is 0 Å². The van der Waals surface area contributed by atoms with Crippen molar-refractivity contribution in [2.24, 2.45) is 11.8 Å². The van der Waals surface area contributed by atoms with E-state index in [9.17, 15) is 4.79 Å². The van der Waals surface area contributed by atoms with Crippen LogP contribution in [0.5, 0.6) is 5.75 Å². The van der Waals surface area contributed by atoms with Gasteiger partial charge in [-0.1, -0.05) is 19.9 Å². The molecular weight excluding hydrogens is 286 g/mol. The number of carbonyl (C=O) groups is 1. The van der Waals surface area contributed by atoms with Gasteiger partial charge in [0, 0.05) is 11.6 Å². The van der Waals surface area contributed by atoms with E-state index in [2.05, 4.69) is 25.2 Å². The van der Waals surface area contributed by atoms with Crippen LogP contribution >= 0.6 is 0 Å². The molecule has 0 atom stereocenters. The van der Waals surface area contributed by atoms with Crippen LogP contribution in [0.15, 0.2) is 12.1 Å². The molecule has 0 heterocycles. The summed E-state index contributed by atoms with van der Waals surface area (Å²) in [7, 11) is 1.67. The van der Waals surface area contributed by atoms with Crippen LogP contribution < -0.4 is 10.1 Å². The molecule has 0 aliphatic heterocycles. The highest BCUT2D eigenvalue weighted by molar-refractivity contribution is 5.80. The lowest BCUT2D eigenvalue weighted by Gasteiger charge is -2.31. The molecule has 23 heavy (non-hydrogen) atoms. The quantitative estimate of drug-likeness (QED) is 0.884. The van der Waals surface area contributed by atoms with Crippen molar-refractivity contribution in [3.63, 3.8) is 0 Å². The fraction of sp³-hybridized carbons (Fsp3) is 0.650. The fourth-order valence-electron chi connectivity index (χ4n) is 3.74. The number of ether oxygens (including phenoxy) is 1. The number of hydrogen-bond acceptors (Lipinski definition) is 2. The minimum absolute atomic E-state index is 0.114. The molecule has 0 radical (unpaired) electrons. The number of aryl methyl sites for hydroxylation is 2. The average Bonchev–Trinajstić information content (AvgIpc) is 2.50. The van der Waals surface area contributed by atoms with Gasteiger partial charge in [-0.15, -0.1) is 0 Å². The van der Waals surface area contributed by atoms with Crippen LogP contribution in [-0.4, -0.2) is 19.1 Å². The number of methoxy groups -OCH3 is 1. The Morgan fingerprint density at radius 3 is 2.43 bits per heavy atom. The summed E-state index contributed by atoms with van der Waals surface area (Å²) in [4.78, 5) is 12.4. The van der Waals surface area contributed by atoms with Crippen LogP contribution in [0.4, 0.5) is 0 Å². The first kappa shape index (κ1) is 17.8. The molecule has 1 aliphatic carbocycles. The van der Waals surface area contributed by atoms with Crippen molar-refractivity contribution in [3.8, 4) is 5.75 Å². The molecule has 0 aromatic heterocycles. The van der Waals surface area contributed by atoms with Gasteiger partial charge in [-0.2, -0.15) is 0 Å². The zero-order valence-electron chi connectivity index (χ0n) is 15.2. The molecule has 3 heteroatoms. The molecule has 1 fully saturated rings. The maximum Gasteiger partial charge on any atom is 0.224 e. The molecule has 0 unspecified atom stereocenters. The zero-order chi connectivity index (χ0) is 17.0. The Labute approximate surface area is 140 Å². The van der Waals surface area contributed by atoms with E-state index in [4.69, 9.17) is 4.74 Å². The Morgan fingerprint density at radius 1 is 1.22 bits per heavy atom. The topological polar surface area (TPSA) is 38.3 Å². The number of benzene rings is 1. The summed E-state index contributed by atoms with van der Waals surface area (Å²) in [6, 6.07) is 4.46. The SMILES string of the molecule is COc1cc(C)cc(C)c1CC(=O)NC1CCC(C(C)C)CC1. The number of nitrogens with one attached hydrogen (secondary N) is 1. The van der Waals surface area contributed by atoms with E-state index in [1.807, 2.05) is 19.9 Å². The van der Waals surface area contributed by atoms with E-state index >= 15 is 0 Å². The molecule has 0 spiro atoms. The lowest BCUT2D eigenvalue weighted by Crippen LogP contribution is -2.39. The third kappa shape index (κ3) is 4.73. The zero-order valence-corrected chi connectivity index (χ0v) is 15.2. The van der Waals surface area contributed by atoms with Crippen molar-refractivity contribution in [2.75, 3.05) is 7.11 Å². The highest BCUT2D eigenvalue weighted by Crippen LogP contribution is 2.30. The van der Waals surface area contributed by atoms with Crippen molar-refractivity contribution in [1.29, 1.82) is 0 Å². The van der Waals surface area contributed by atoms with Gasteiger partial charge in [-0.3, -0.25) is 4.79 Å². The Balaban J connectivity index is 1.93. The van der Waals surface area contributed by atoms with Gasteiger partial charge >= 0.3 is 0 Å². The first-order valence-corrected chi connectivity index (χ1v) is 8.84. The molecule has 128 valence electrons. The Hall–Kier alpha value is -1.51. The monoisotopic (exact) mass is 317 g/mol. The predicted molar refractivity (Wildman–Crippen MR) is 94.9 cm³/mol. The van der Waals surface area contributed by atoms with Gasteiger partial charge in [-0.25, -0.2) is 0 Å². The standard InChI is InChI=1S/C20H31NO2/c1-13(2)16-6-8-17(9-7-16)21-20(22)12-18-15(4)10-14(3)11-19(18)23-5/h10-11,13,16-17H,6-9,12H2,1-5H3,(H,21,22). The summed E-state index contributed by atoms with van der Waals surface area (Å²) < 4.78 is 5.46. The van der Waals surface area contributed by atoms with Crippen molar-refractivity contribution in [1.82, 2.24) is 5.32 Å². The molecule has 1 aliphatic rings. The lowest BCUT2D eigenvalue weighted by molar-refractivity contribution is -0.121. The molecule has 1 aromatic carbocycles. The van der Waals surface area contributed by atoms with Crippen LogP contribution in [0.1, 0.15) is 56.2 Å². The van der Waals surface area contributed by atoms with Gasteiger partial charge in [0.15, 0.2) is 0 Å². The van der Waals surface area contributed by atoms with Crippen LogP contribution in [0.25, 0.3) is 0 Å². The summed E-state index contributed by atoms with van der Waals surface area (Å²) in [5.74, 6) is 2.51. The van der Waals surface area contributed by atoms with Gasteiger partial charge in [0.2, 0.25) is 5.91 Å². The van der Waals surface area contributed by atoms with Crippen molar-refractivity contribution in [3.05, 3.63) is 28.8 Å². The van der Waals surface area contributed by atoms with E-state index in [1.165, 1.54) is 12.8 Å². The second kappa shape index (κ2) is 7.85. The summed E-state index contributed by atoms with van der Waals surface area (Å²) in [6.45, 7) is 8.70. The Kier molecular flexibility index (Phi) is 6.09. The van der Waals surface area contributed by atoms with E-state index in [-0.39, 0.29) is 5.91 Å². The molecule has 1 saturated carbocycles. The molecular formula is C20H31NO2. The summed E-state index contributed by atoms with van der Waals surface area (Å²) >= 11 is 0. The number of amides is 1. The van der Waals surface area contributed by atoms with Crippen LogP contribution in [0.3, 0.4) is 0 Å². The van der Waals surface area contributed by atoms with Crippen LogP contribution in [0.2, 0.25) is 0 Å². The first-order chi connectivity index (χ1) is 10.9. The van der Waals surface area contributed by atoms with Gasteiger partial charge in [0.25, 0.3) is 0 Å². The molecule has 0 bridgehead atoms. The second-order valence-electron chi connectivity index (χ2n) is 7.36. The number of carbonyl (C=O) groups excluding carboxylic acids is 1. The normalized spacial score (nSPS) is 21.3. The van der Waals surface area contributed by atoms with Crippen molar-refractivity contribution < 1.29 is 9.53 Å². The predicted octanol–water partition coefficient (Wildman–Crippen LogP) is 4.19. The third-order valence-electron chi connectivity index (χ3n) is 5.21. The Morgan fingerprint density at radius 2 is 1.87 bits per heavy atom. The molecule has 1 aromatic rings. The summed E-state index contributed by atoms with van der Waals surface area (Å²) in [5.41, 5.74) is 3.29. The van der Waals surface area contributed by atoms with E-state index in [0.717, 1.165) is 47.1 Å². The van der Waals surface area contributed by atoms with Crippen molar-refractivity contribution in [2.45, 2.75) is 65.8 Å². The van der Waals surface area contributed by atoms with Gasteiger partial charge in [0.1, 0.15) is 5.75 Å². The van der Waals surface area contributed by atoms with Crippen LogP contribution in [0, 0.1) is 25.7 Å². The maximum atomic E-state index is 12.4. The lowest BCUT2D eigenvalue weighted by atomic mass is 9.79. The molecule has 2 rings (SSSR count). The highest BCUT2D eigenvalue weighted by atomic mass is 16.5. The molecule has 0 saturated heterocycles. The first-order valence-electron chi connectivity index (χ1n) is 8.84. The van der Waals surface area contributed by atoms with Gasteiger partial charge in [0.05, 0.1) is 13.5 Å². The number of rotatable bonds is 5. The molecule has 1 amide bonds. The summed E-state index contributed by atoms with van der Waals surface area (Å²) in [6.07, 6.45) is 5.08. The minimum atomic E-state index is 0.114.